The number of nitrogens with zero attached hydrogens (tertiary/aromatic N) is 1. The lowest BCUT2D eigenvalue weighted by atomic mass is 10.3. The molecule has 0 amide bonds. The third-order valence-electron chi connectivity index (χ3n) is 1.99. The van der Waals surface area contributed by atoms with Gasteiger partial charge in [-0.2, -0.15) is 0 Å². The summed E-state index contributed by atoms with van der Waals surface area (Å²) in [6, 6.07) is 3.73. The molecule has 0 bridgehead atoms. The minimum absolute atomic E-state index is 0.0393. The summed E-state index contributed by atoms with van der Waals surface area (Å²) in [5, 5.41) is 0.853. The van der Waals surface area contributed by atoms with Crippen LogP contribution in [0.15, 0.2) is 38.8 Å². The summed E-state index contributed by atoms with van der Waals surface area (Å²) < 4.78 is 27.8. The zero-order chi connectivity index (χ0) is 13.3. The molecule has 0 radical (unpaired) electrons. The molecule has 0 aliphatic heterocycles. The molecule has 0 aliphatic carbocycles. The number of halogens is 4. The molecule has 2 nitrogen and oxygen atoms in total. The SMILES string of the molecule is Nc1cc(F)c(Sc2ncc(Cl)cc2Br)c(F)c1. The summed E-state index contributed by atoms with van der Waals surface area (Å²) in [5.41, 5.74) is 5.38. The fourth-order valence-electron chi connectivity index (χ4n) is 1.25. The van der Waals surface area contributed by atoms with Crippen LogP contribution in [0.2, 0.25) is 5.02 Å². The highest BCUT2D eigenvalue weighted by Crippen LogP contribution is 2.36. The minimum atomic E-state index is -0.721. The zero-order valence-corrected chi connectivity index (χ0v) is 11.9. The maximum absolute atomic E-state index is 13.6. The molecular formula is C11H6BrClF2N2S. The van der Waals surface area contributed by atoms with E-state index in [2.05, 4.69) is 20.9 Å². The van der Waals surface area contributed by atoms with Gasteiger partial charge in [0, 0.05) is 11.9 Å². The van der Waals surface area contributed by atoms with Gasteiger partial charge >= 0.3 is 0 Å². The van der Waals surface area contributed by atoms with Crippen LogP contribution < -0.4 is 5.73 Å². The molecule has 0 unspecified atom stereocenters. The standard InChI is InChI=1S/C11H6BrClF2N2S/c12-7-1-5(13)4-17-11(7)18-10-8(14)2-6(16)3-9(10)15/h1-4H,16H2. The number of nitrogen functional groups attached to an aromatic ring is 1. The lowest BCUT2D eigenvalue weighted by Crippen LogP contribution is -1.94. The van der Waals surface area contributed by atoms with E-state index < -0.39 is 11.6 Å². The van der Waals surface area contributed by atoms with Crippen molar-refractivity contribution in [2.75, 3.05) is 5.73 Å². The molecule has 2 rings (SSSR count). The third-order valence-corrected chi connectivity index (χ3v) is 4.18. The van der Waals surface area contributed by atoms with Crippen molar-refractivity contribution in [3.05, 3.63) is 45.5 Å². The van der Waals surface area contributed by atoms with Gasteiger partial charge in [-0.15, -0.1) is 0 Å². The molecule has 1 aromatic heterocycles. The van der Waals surface area contributed by atoms with Gasteiger partial charge in [0.2, 0.25) is 0 Å². The molecule has 2 N–H and O–H groups in total. The molecule has 0 atom stereocenters. The van der Waals surface area contributed by atoms with Gasteiger partial charge in [0.25, 0.3) is 0 Å². The average molecular weight is 352 g/mol. The highest BCUT2D eigenvalue weighted by atomic mass is 79.9. The minimum Gasteiger partial charge on any atom is -0.399 e. The molecule has 94 valence electrons. The highest BCUT2D eigenvalue weighted by Gasteiger charge is 2.14. The Morgan fingerprint density at radius 3 is 2.39 bits per heavy atom. The first-order valence-corrected chi connectivity index (χ1v) is 6.69. The third kappa shape index (κ3) is 2.93. The second-order valence-electron chi connectivity index (χ2n) is 3.36. The van der Waals surface area contributed by atoms with Crippen LogP contribution in [-0.4, -0.2) is 4.98 Å². The van der Waals surface area contributed by atoms with E-state index in [1.54, 1.807) is 6.07 Å². The molecular weight excluding hydrogens is 346 g/mol. The number of benzene rings is 1. The van der Waals surface area contributed by atoms with E-state index in [-0.39, 0.29) is 10.6 Å². The van der Waals surface area contributed by atoms with Crippen LogP contribution in [0.4, 0.5) is 14.5 Å². The smallest absolute Gasteiger partial charge is 0.142 e. The fraction of sp³-hybridized carbons (Fsp3) is 0. The summed E-state index contributed by atoms with van der Waals surface area (Å²) >= 11 is 9.83. The molecule has 0 saturated carbocycles. The van der Waals surface area contributed by atoms with Crippen LogP contribution in [0.3, 0.4) is 0 Å². The zero-order valence-electron chi connectivity index (χ0n) is 8.75. The van der Waals surface area contributed by atoms with Gasteiger partial charge in [-0.3, -0.25) is 0 Å². The summed E-state index contributed by atoms with van der Waals surface area (Å²) in [7, 11) is 0. The van der Waals surface area contributed by atoms with Crippen LogP contribution in [0.1, 0.15) is 0 Å². The van der Waals surface area contributed by atoms with E-state index in [0.29, 0.717) is 14.5 Å². The van der Waals surface area contributed by atoms with Crippen molar-refractivity contribution in [3.8, 4) is 0 Å². The maximum atomic E-state index is 13.6. The van der Waals surface area contributed by atoms with E-state index >= 15 is 0 Å². The lowest BCUT2D eigenvalue weighted by molar-refractivity contribution is 0.541. The number of hydrogen-bond donors (Lipinski definition) is 1. The Bertz CT molecular complexity index is 587. The Labute approximate surface area is 120 Å². The van der Waals surface area contributed by atoms with Crippen LogP contribution >= 0.6 is 39.3 Å². The number of aromatic nitrogens is 1. The van der Waals surface area contributed by atoms with Crippen LogP contribution in [-0.2, 0) is 0 Å². The second-order valence-corrected chi connectivity index (χ2v) is 5.65. The number of anilines is 1. The Morgan fingerprint density at radius 1 is 1.22 bits per heavy atom. The van der Waals surface area contributed by atoms with Crippen molar-refractivity contribution in [1.29, 1.82) is 0 Å². The Morgan fingerprint density at radius 2 is 1.83 bits per heavy atom. The normalized spacial score (nSPS) is 10.7. The molecule has 1 heterocycles. The van der Waals surface area contributed by atoms with Gasteiger partial charge in [-0.25, -0.2) is 13.8 Å². The first-order chi connectivity index (χ1) is 8.47. The van der Waals surface area contributed by atoms with Crippen molar-refractivity contribution in [2.45, 2.75) is 9.92 Å². The molecule has 2 aromatic rings. The largest absolute Gasteiger partial charge is 0.399 e. The summed E-state index contributed by atoms with van der Waals surface area (Å²) in [5.74, 6) is -1.44. The van der Waals surface area contributed by atoms with Crippen molar-refractivity contribution >= 4 is 45.0 Å². The topological polar surface area (TPSA) is 38.9 Å². The van der Waals surface area contributed by atoms with Gasteiger partial charge in [-0.05, 0) is 34.1 Å². The van der Waals surface area contributed by atoms with Crippen molar-refractivity contribution in [1.82, 2.24) is 4.98 Å². The summed E-state index contributed by atoms with van der Waals surface area (Å²) in [6.07, 6.45) is 1.40. The van der Waals surface area contributed by atoms with E-state index in [1.807, 2.05) is 0 Å². The van der Waals surface area contributed by atoms with E-state index in [0.717, 1.165) is 23.9 Å². The highest BCUT2D eigenvalue weighted by molar-refractivity contribution is 9.10. The maximum Gasteiger partial charge on any atom is 0.142 e. The Hall–Kier alpha value is -0.850. The Balaban J connectivity index is 2.40. The van der Waals surface area contributed by atoms with Crippen LogP contribution in [0.5, 0.6) is 0 Å². The van der Waals surface area contributed by atoms with Gasteiger partial charge in [0.15, 0.2) is 0 Å². The molecule has 0 saturated heterocycles. The fourth-order valence-corrected chi connectivity index (χ4v) is 2.90. The van der Waals surface area contributed by atoms with Crippen LogP contribution in [0, 0.1) is 11.6 Å². The molecule has 0 fully saturated rings. The first-order valence-electron chi connectivity index (χ1n) is 4.71. The van der Waals surface area contributed by atoms with E-state index in [4.69, 9.17) is 17.3 Å². The molecule has 0 spiro atoms. The molecule has 0 aliphatic rings. The Kier molecular flexibility index (Phi) is 4.09. The number of hydrogen-bond acceptors (Lipinski definition) is 3. The number of rotatable bonds is 2. The van der Waals surface area contributed by atoms with E-state index in [1.165, 1.54) is 6.20 Å². The number of pyridine rings is 1. The lowest BCUT2D eigenvalue weighted by Gasteiger charge is -2.07. The predicted molar refractivity (Wildman–Crippen MR) is 71.8 cm³/mol. The number of nitrogens with two attached hydrogens (primary N) is 1. The van der Waals surface area contributed by atoms with E-state index in [9.17, 15) is 8.78 Å². The van der Waals surface area contributed by atoms with Gasteiger partial charge in [0.05, 0.1) is 14.4 Å². The predicted octanol–water partition coefficient (Wildman–Crippen LogP) is 4.51. The van der Waals surface area contributed by atoms with Crippen molar-refractivity contribution in [3.63, 3.8) is 0 Å². The second kappa shape index (κ2) is 5.42. The van der Waals surface area contributed by atoms with Gasteiger partial charge in [-0.1, -0.05) is 23.4 Å². The summed E-state index contributed by atoms with van der Waals surface area (Å²) in [4.78, 5) is 3.84. The van der Waals surface area contributed by atoms with Crippen LogP contribution in [0.25, 0.3) is 0 Å². The molecule has 18 heavy (non-hydrogen) atoms. The average Bonchev–Trinajstić information content (AvgIpc) is 2.25. The monoisotopic (exact) mass is 350 g/mol. The summed E-state index contributed by atoms with van der Waals surface area (Å²) in [6.45, 7) is 0. The van der Waals surface area contributed by atoms with Crippen molar-refractivity contribution < 1.29 is 8.78 Å². The van der Waals surface area contributed by atoms with Gasteiger partial charge in [0.1, 0.15) is 16.7 Å². The molecule has 7 heteroatoms. The van der Waals surface area contributed by atoms with Gasteiger partial charge < -0.3 is 5.73 Å². The van der Waals surface area contributed by atoms with Crippen molar-refractivity contribution in [2.24, 2.45) is 0 Å². The first kappa shape index (κ1) is 13.6. The molecule has 1 aromatic carbocycles. The quantitative estimate of drug-likeness (QED) is 0.809.